The van der Waals surface area contributed by atoms with Gasteiger partial charge in [0.1, 0.15) is 5.58 Å². The molecule has 0 aliphatic carbocycles. The predicted octanol–water partition coefficient (Wildman–Crippen LogP) is 3.64. The maximum Gasteiger partial charge on any atom is 0.195 e. The van der Waals surface area contributed by atoms with Crippen LogP contribution in [0.25, 0.3) is 22.6 Å². The first kappa shape index (κ1) is 13.8. The van der Waals surface area contributed by atoms with E-state index in [1.807, 2.05) is 42.7 Å². The van der Waals surface area contributed by atoms with Gasteiger partial charge in [-0.25, -0.2) is 9.97 Å². The third-order valence-electron chi connectivity index (χ3n) is 3.23. The Morgan fingerprint density at radius 1 is 1.14 bits per heavy atom. The fourth-order valence-corrected chi connectivity index (χ4v) is 2.17. The zero-order chi connectivity index (χ0) is 14.7. The fraction of sp³-hybridized carbons (Fsp3) is 0.294. The molecule has 0 saturated heterocycles. The molecular weight excluding hydrogens is 262 g/mol. The van der Waals surface area contributed by atoms with Gasteiger partial charge in [0.2, 0.25) is 0 Å². The van der Waals surface area contributed by atoms with Crippen LogP contribution in [-0.4, -0.2) is 16.5 Å². The minimum Gasteiger partial charge on any atom is -0.453 e. The van der Waals surface area contributed by atoms with E-state index in [9.17, 15) is 0 Å². The van der Waals surface area contributed by atoms with E-state index in [0.29, 0.717) is 17.5 Å². The van der Waals surface area contributed by atoms with Crippen molar-refractivity contribution < 1.29 is 4.42 Å². The SMILES string of the molecule is CC(C)CNCc1cnc(-c2cc3ccccc3o2)nc1. The molecule has 2 aromatic heterocycles. The van der Waals surface area contributed by atoms with E-state index in [0.717, 1.165) is 29.6 Å². The quantitative estimate of drug-likeness (QED) is 0.775. The van der Waals surface area contributed by atoms with Gasteiger partial charge < -0.3 is 9.73 Å². The Bertz CT molecular complexity index is 683. The predicted molar refractivity (Wildman–Crippen MR) is 83.8 cm³/mol. The molecule has 2 heterocycles. The van der Waals surface area contributed by atoms with Crippen LogP contribution < -0.4 is 5.32 Å². The molecule has 3 rings (SSSR count). The lowest BCUT2D eigenvalue weighted by molar-refractivity contribution is 0.551. The average molecular weight is 281 g/mol. The van der Waals surface area contributed by atoms with Crippen molar-refractivity contribution in [3.05, 3.63) is 48.3 Å². The lowest BCUT2D eigenvalue weighted by Crippen LogP contribution is -2.19. The standard InChI is InChI=1S/C17H19N3O/c1-12(2)8-18-9-13-10-19-17(20-11-13)16-7-14-5-3-4-6-15(14)21-16/h3-7,10-12,18H,8-9H2,1-2H3. The van der Waals surface area contributed by atoms with Gasteiger partial charge in [0.05, 0.1) is 0 Å². The molecule has 0 unspecified atom stereocenters. The van der Waals surface area contributed by atoms with E-state index >= 15 is 0 Å². The number of aromatic nitrogens is 2. The van der Waals surface area contributed by atoms with E-state index in [1.165, 1.54) is 0 Å². The number of rotatable bonds is 5. The molecule has 4 heteroatoms. The smallest absolute Gasteiger partial charge is 0.195 e. The summed E-state index contributed by atoms with van der Waals surface area (Å²) in [6.45, 7) is 6.16. The van der Waals surface area contributed by atoms with Crippen LogP contribution in [0, 0.1) is 5.92 Å². The number of benzene rings is 1. The molecule has 0 radical (unpaired) electrons. The molecule has 0 aliphatic rings. The zero-order valence-corrected chi connectivity index (χ0v) is 12.3. The summed E-state index contributed by atoms with van der Waals surface area (Å²) in [4.78, 5) is 8.79. The van der Waals surface area contributed by atoms with Crippen LogP contribution in [-0.2, 0) is 6.54 Å². The van der Waals surface area contributed by atoms with Crippen molar-refractivity contribution in [3.8, 4) is 11.6 Å². The van der Waals surface area contributed by atoms with Gasteiger partial charge >= 0.3 is 0 Å². The van der Waals surface area contributed by atoms with Crippen LogP contribution in [0.1, 0.15) is 19.4 Å². The summed E-state index contributed by atoms with van der Waals surface area (Å²) in [5.41, 5.74) is 1.94. The van der Waals surface area contributed by atoms with E-state index in [1.54, 1.807) is 0 Å². The Morgan fingerprint density at radius 2 is 1.90 bits per heavy atom. The Labute approximate surface area is 124 Å². The van der Waals surface area contributed by atoms with Crippen molar-refractivity contribution >= 4 is 11.0 Å². The van der Waals surface area contributed by atoms with Gasteiger partial charge in [-0.2, -0.15) is 0 Å². The van der Waals surface area contributed by atoms with Crippen molar-refractivity contribution in [2.45, 2.75) is 20.4 Å². The minimum atomic E-state index is 0.624. The number of hydrogen-bond acceptors (Lipinski definition) is 4. The molecule has 4 nitrogen and oxygen atoms in total. The van der Waals surface area contributed by atoms with Crippen molar-refractivity contribution in [3.63, 3.8) is 0 Å². The number of nitrogens with zero attached hydrogens (tertiary/aromatic N) is 2. The number of furan rings is 1. The summed E-state index contributed by atoms with van der Waals surface area (Å²) in [6.07, 6.45) is 3.70. The maximum absolute atomic E-state index is 5.77. The molecule has 0 spiro atoms. The van der Waals surface area contributed by atoms with Crippen molar-refractivity contribution in [1.29, 1.82) is 0 Å². The van der Waals surface area contributed by atoms with E-state index < -0.39 is 0 Å². The summed E-state index contributed by atoms with van der Waals surface area (Å²) in [6, 6.07) is 9.89. The second-order valence-electron chi connectivity index (χ2n) is 5.59. The summed E-state index contributed by atoms with van der Waals surface area (Å²) in [5, 5.41) is 4.45. The highest BCUT2D eigenvalue weighted by molar-refractivity contribution is 5.81. The summed E-state index contributed by atoms with van der Waals surface area (Å²) >= 11 is 0. The van der Waals surface area contributed by atoms with Crippen LogP contribution in [0.4, 0.5) is 0 Å². The second-order valence-corrected chi connectivity index (χ2v) is 5.59. The molecule has 0 atom stereocenters. The molecule has 21 heavy (non-hydrogen) atoms. The number of fused-ring (bicyclic) bond motifs is 1. The molecule has 3 aromatic rings. The normalized spacial score (nSPS) is 11.4. The molecule has 1 aromatic carbocycles. The Hall–Kier alpha value is -2.20. The first-order valence-corrected chi connectivity index (χ1v) is 7.23. The first-order chi connectivity index (χ1) is 10.2. The number of para-hydroxylation sites is 1. The first-order valence-electron chi connectivity index (χ1n) is 7.23. The molecule has 108 valence electrons. The largest absolute Gasteiger partial charge is 0.453 e. The van der Waals surface area contributed by atoms with E-state index in [-0.39, 0.29) is 0 Å². The third-order valence-corrected chi connectivity index (χ3v) is 3.23. The fourth-order valence-electron chi connectivity index (χ4n) is 2.17. The molecular formula is C17H19N3O. The van der Waals surface area contributed by atoms with Crippen LogP contribution in [0.5, 0.6) is 0 Å². The van der Waals surface area contributed by atoms with Crippen LogP contribution in [0.3, 0.4) is 0 Å². The van der Waals surface area contributed by atoms with Crippen LogP contribution >= 0.6 is 0 Å². The van der Waals surface area contributed by atoms with Crippen molar-refractivity contribution in [2.24, 2.45) is 5.92 Å². The average Bonchev–Trinajstić information content (AvgIpc) is 2.91. The zero-order valence-electron chi connectivity index (χ0n) is 12.3. The van der Waals surface area contributed by atoms with Gasteiger partial charge in [-0.1, -0.05) is 32.0 Å². The van der Waals surface area contributed by atoms with Gasteiger partial charge in [-0.05, 0) is 24.6 Å². The molecule has 0 bridgehead atoms. The van der Waals surface area contributed by atoms with Crippen LogP contribution in [0.2, 0.25) is 0 Å². The third kappa shape index (κ3) is 3.28. The van der Waals surface area contributed by atoms with Crippen molar-refractivity contribution in [1.82, 2.24) is 15.3 Å². The highest BCUT2D eigenvalue weighted by atomic mass is 16.3. The number of hydrogen-bond donors (Lipinski definition) is 1. The Morgan fingerprint density at radius 3 is 2.62 bits per heavy atom. The van der Waals surface area contributed by atoms with Crippen molar-refractivity contribution in [2.75, 3.05) is 6.54 Å². The molecule has 0 fully saturated rings. The summed E-state index contributed by atoms with van der Waals surface area (Å²) < 4.78 is 5.77. The van der Waals surface area contributed by atoms with E-state index in [4.69, 9.17) is 4.42 Å². The molecule has 1 N–H and O–H groups in total. The molecule has 0 saturated carbocycles. The number of nitrogens with one attached hydrogen (secondary N) is 1. The van der Waals surface area contributed by atoms with Gasteiger partial charge in [-0.3, -0.25) is 0 Å². The second kappa shape index (κ2) is 6.06. The van der Waals surface area contributed by atoms with E-state index in [2.05, 4.69) is 29.1 Å². The Kier molecular flexibility index (Phi) is 3.97. The lowest BCUT2D eigenvalue weighted by Gasteiger charge is -2.06. The monoisotopic (exact) mass is 281 g/mol. The molecule has 0 aliphatic heterocycles. The Balaban J connectivity index is 1.74. The van der Waals surface area contributed by atoms with Gasteiger partial charge in [0.25, 0.3) is 0 Å². The maximum atomic E-state index is 5.77. The summed E-state index contributed by atoms with van der Waals surface area (Å²) in [7, 11) is 0. The highest BCUT2D eigenvalue weighted by Crippen LogP contribution is 2.24. The minimum absolute atomic E-state index is 0.624. The summed E-state index contributed by atoms with van der Waals surface area (Å²) in [5.74, 6) is 1.97. The highest BCUT2D eigenvalue weighted by Gasteiger charge is 2.08. The lowest BCUT2D eigenvalue weighted by atomic mass is 10.2. The molecule has 0 amide bonds. The van der Waals surface area contributed by atoms with Gasteiger partial charge in [0.15, 0.2) is 11.6 Å². The van der Waals surface area contributed by atoms with Crippen LogP contribution in [0.15, 0.2) is 47.1 Å². The van der Waals surface area contributed by atoms with Gasteiger partial charge in [0, 0.05) is 29.9 Å². The van der Waals surface area contributed by atoms with Gasteiger partial charge in [-0.15, -0.1) is 0 Å². The topological polar surface area (TPSA) is 51.0 Å².